The summed E-state index contributed by atoms with van der Waals surface area (Å²) in [4.78, 5) is 22.2. The van der Waals surface area contributed by atoms with Crippen LogP contribution in [0.5, 0.6) is 5.75 Å². The molecule has 2 heterocycles. The maximum atomic E-state index is 14.8. The van der Waals surface area contributed by atoms with Crippen LogP contribution in [0.2, 0.25) is 0 Å². The lowest BCUT2D eigenvalue weighted by atomic mass is 10.1. The minimum atomic E-state index is -4.13. The smallest absolute Gasteiger partial charge is 0.266 e. The van der Waals surface area contributed by atoms with Crippen molar-refractivity contribution < 1.29 is 13.7 Å². The van der Waals surface area contributed by atoms with E-state index in [9.17, 15) is 23.8 Å². The minimum absolute atomic E-state index is 0.206. The number of hydrogen-bond acceptors (Lipinski definition) is 6. The molecule has 0 aliphatic heterocycles. The Kier molecular flexibility index (Phi) is 7.68. The van der Waals surface area contributed by atoms with Crippen molar-refractivity contribution in [3.63, 3.8) is 0 Å². The number of pyridine rings is 2. The first-order chi connectivity index (χ1) is 18.9. The Hall–Kier alpha value is -4.29. The number of benzene rings is 2. The number of nitriles is 1. The van der Waals surface area contributed by atoms with Crippen LogP contribution >= 0.6 is 0 Å². The molecular formula is C31H33FN4O3S. The molecule has 7 nitrogen and oxygen atoms in total. The number of aromatic amines is 1. The molecule has 9 heteroatoms. The molecule has 0 bridgehead atoms. The fourth-order valence-corrected chi connectivity index (χ4v) is 7.37. The van der Waals surface area contributed by atoms with Gasteiger partial charge in [-0.15, -0.1) is 0 Å². The van der Waals surface area contributed by atoms with Crippen molar-refractivity contribution in [3.05, 3.63) is 93.9 Å². The maximum absolute atomic E-state index is 14.8. The van der Waals surface area contributed by atoms with Crippen LogP contribution in [0.3, 0.4) is 0 Å². The number of aromatic hydroxyl groups is 1. The lowest BCUT2D eigenvalue weighted by Gasteiger charge is -2.36. The average molecular weight is 561 g/mol. The van der Waals surface area contributed by atoms with Gasteiger partial charge in [0.2, 0.25) is 5.95 Å². The fraction of sp³-hybridized carbons (Fsp3) is 0.258. The molecule has 4 aromatic rings. The van der Waals surface area contributed by atoms with Gasteiger partial charge in [0.1, 0.15) is 10.6 Å². The zero-order chi connectivity index (χ0) is 29.3. The van der Waals surface area contributed by atoms with Crippen LogP contribution in [0.4, 0.5) is 15.8 Å². The van der Waals surface area contributed by atoms with E-state index in [1.165, 1.54) is 18.6 Å². The summed E-state index contributed by atoms with van der Waals surface area (Å²) in [6, 6.07) is 18.8. The van der Waals surface area contributed by atoms with E-state index in [0.29, 0.717) is 39.6 Å². The molecule has 0 aliphatic carbocycles. The van der Waals surface area contributed by atoms with Crippen molar-refractivity contribution in [1.29, 1.82) is 5.26 Å². The van der Waals surface area contributed by atoms with Crippen LogP contribution in [0.25, 0.3) is 11.1 Å². The van der Waals surface area contributed by atoms with E-state index >= 15 is 0 Å². The summed E-state index contributed by atoms with van der Waals surface area (Å²) in [5.41, 5.74) is 3.33. The van der Waals surface area contributed by atoms with Gasteiger partial charge in [-0.2, -0.15) is 9.65 Å². The van der Waals surface area contributed by atoms with E-state index in [2.05, 4.69) is 16.0 Å². The third kappa shape index (κ3) is 5.27. The molecule has 0 amide bonds. The number of H-pyrrole nitrogens is 1. The van der Waals surface area contributed by atoms with E-state index in [4.69, 9.17) is 0 Å². The van der Waals surface area contributed by atoms with Crippen LogP contribution in [-0.2, 0) is 15.5 Å². The Balaban J connectivity index is 1.89. The standard InChI is InChI=1S/C31H33FN4O3S/c1-6-7-11-26-28(36(3)23-10-8-9-21(18-23)19-33)29(37)30(31(38)35-26)40(4,5,39)24-14-12-22(13-15-24)25-16-17-27(32)34-20(25)2/h8-10,12-18H,6-7,11H2,1-5H3,(H2,35,37,38). The predicted octanol–water partition coefficient (Wildman–Crippen LogP) is 6.07. The zero-order valence-corrected chi connectivity index (χ0v) is 24.1. The number of aromatic nitrogens is 2. The molecular weight excluding hydrogens is 527 g/mol. The molecule has 4 rings (SSSR count). The molecule has 2 N–H and O–H groups in total. The first-order valence-corrected chi connectivity index (χ1v) is 15.7. The summed E-state index contributed by atoms with van der Waals surface area (Å²) in [6.45, 7) is 3.74. The van der Waals surface area contributed by atoms with Gasteiger partial charge in [0.15, 0.2) is 5.75 Å². The highest BCUT2D eigenvalue weighted by Crippen LogP contribution is 2.46. The number of unbranched alkanes of at least 4 members (excludes halogenated alkanes) is 1. The van der Waals surface area contributed by atoms with Crippen molar-refractivity contribution >= 4 is 20.4 Å². The minimum Gasteiger partial charge on any atom is -0.504 e. The van der Waals surface area contributed by atoms with Gasteiger partial charge in [-0.3, -0.25) is 9.00 Å². The summed E-state index contributed by atoms with van der Waals surface area (Å²) in [5.74, 6) is -0.926. The molecule has 0 saturated heterocycles. The number of aryl methyl sites for hydroxylation is 2. The Morgan fingerprint density at radius 1 is 1.12 bits per heavy atom. The van der Waals surface area contributed by atoms with E-state index in [-0.39, 0.29) is 10.6 Å². The molecule has 2 aromatic carbocycles. The lowest BCUT2D eigenvalue weighted by Crippen LogP contribution is -2.37. The first-order valence-electron chi connectivity index (χ1n) is 12.9. The molecule has 208 valence electrons. The molecule has 0 spiro atoms. The normalized spacial score (nSPS) is 12.4. The topological polar surface area (TPSA) is 110 Å². The summed E-state index contributed by atoms with van der Waals surface area (Å²) in [5, 5.41) is 21.1. The van der Waals surface area contributed by atoms with Crippen LogP contribution in [0.15, 0.2) is 75.2 Å². The van der Waals surface area contributed by atoms with Crippen molar-refractivity contribution in [2.75, 3.05) is 24.5 Å². The third-order valence-corrected chi connectivity index (χ3v) is 10.4. The zero-order valence-electron chi connectivity index (χ0n) is 23.3. The highest BCUT2D eigenvalue weighted by molar-refractivity contribution is 8.19. The molecule has 0 fully saturated rings. The van der Waals surface area contributed by atoms with Crippen molar-refractivity contribution in [3.8, 4) is 22.9 Å². The van der Waals surface area contributed by atoms with E-state index < -0.39 is 20.6 Å². The number of anilines is 2. The van der Waals surface area contributed by atoms with Crippen LogP contribution in [-0.4, -0.2) is 38.8 Å². The van der Waals surface area contributed by atoms with Gasteiger partial charge >= 0.3 is 0 Å². The lowest BCUT2D eigenvalue weighted by molar-refractivity contribution is 0.456. The third-order valence-electron chi connectivity index (χ3n) is 7.17. The summed E-state index contributed by atoms with van der Waals surface area (Å²) < 4.78 is 28.3. The second kappa shape index (κ2) is 10.7. The quantitative estimate of drug-likeness (QED) is 0.253. The van der Waals surface area contributed by atoms with E-state index in [1.54, 1.807) is 73.5 Å². The predicted molar refractivity (Wildman–Crippen MR) is 157 cm³/mol. The number of halogens is 1. The van der Waals surface area contributed by atoms with Crippen LogP contribution in [0.1, 0.15) is 36.7 Å². The summed E-state index contributed by atoms with van der Waals surface area (Å²) in [6.07, 6.45) is 5.09. The van der Waals surface area contributed by atoms with Gasteiger partial charge in [0, 0.05) is 47.1 Å². The molecule has 0 saturated carbocycles. The monoisotopic (exact) mass is 560 g/mol. The maximum Gasteiger partial charge on any atom is 0.266 e. The number of hydrogen-bond donors (Lipinski definition) is 2. The summed E-state index contributed by atoms with van der Waals surface area (Å²) >= 11 is 0. The molecule has 0 unspecified atom stereocenters. The fourth-order valence-electron chi connectivity index (χ4n) is 4.95. The van der Waals surface area contributed by atoms with Gasteiger partial charge in [0.05, 0.1) is 11.6 Å². The van der Waals surface area contributed by atoms with Crippen molar-refractivity contribution in [1.82, 2.24) is 9.97 Å². The first kappa shape index (κ1) is 28.7. The Morgan fingerprint density at radius 3 is 2.45 bits per heavy atom. The van der Waals surface area contributed by atoms with Gasteiger partial charge in [-0.05, 0) is 76.9 Å². The number of rotatable bonds is 8. The number of nitrogens with zero attached hydrogens (tertiary/aromatic N) is 3. The van der Waals surface area contributed by atoms with Gasteiger partial charge in [-0.1, -0.05) is 31.5 Å². The molecule has 0 radical (unpaired) electrons. The van der Waals surface area contributed by atoms with E-state index in [1.807, 2.05) is 6.92 Å². The van der Waals surface area contributed by atoms with Gasteiger partial charge in [-0.25, -0.2) is 4.98 Å². The Labute approximate surface area is 233 Å². The molecule has 2 aromatic heterocycles. The van der Waals surface area contributed by atoms with Crippen molar-refractivity contribution in [2.45, 2.75) is 42.9 Å². The SMILES string of the molecule is CCCCc1[nH]c(=O)c(S(C)(C)(=O)c2ccc(-c3ccc(F)nc3C)cc2)c(O)c1N(C)c1cccc(C#N)c1. The van der Waals surface area contributed by atoms with E-state index in [0.717, 1.165) is 24.0 Å². The molecule has 0 aliphatic rings. The van der Waals surface area contributed by atoms with Gasteiger partial charge in [0.25, 0.3) is 5.56 Å². The molecule has 40 heavy (non-hydrogen) atoms. The van der Waals surface area contributed by atoms with Crippen LogP contribution in [0, 0.1) is 24.2 Å². The van der Waals surface area contributed by atoms with Crippen molar-refractivity contribution in [2.24, 2.45) is 0 Å². The van der Waals surface area contributed by atoms with Gasteiger partial charge < -0.3 is 15.0 Å². The highest BCUT2D eigenvalue weighted by Gasteiger charge is 2.38. The average Bonchev–Trinajstić information content (AvgIpc) is 2.91. The second-order valence-electron chi connectivity index (χ2n) is 10.4. The number of nitrogens with one attached hydrogen (secondary N) is 1. The largest absolute Gasteiger partial charge is 0.504 e. The second-order valence-corrected chi connectivity index (χ2v) is 14.9. The van der Waals surface area contributed by atoms with Crippen LogP contribution < -0.4 is 10.5 Å². The Morgan fingerprint density at radius 2 is 1.82 bits per heavy atom. The Bertz CT molecular complexity index is 1750. The summed E-state index contributed by atoms with van der Waals surface area (Å²) in [7, 11) is -2.39. The highest BCUT2D eigenvalue weighted by atomic mass is 32.3. The molecule has 0 atom stereocenters.